The molecule has 0 unspecified atom stereocenters. The number of hydrogen-bond acceptors (Lipinski definition) is 8. The lowest BCUT2D eigenvalue weighted by molar-refractivity contribution is 0.0693. The fourth-order valence-electron chi connectivity index (χ4n) is 3.56. The molecule has 30 heavy (non-hydrogen) atoms. The largest absolute Gasteiger partial charge is 0.525 e. The third kappa shape index (κ3) is 12.2. The molecule has 0 aromatic carbocycles. The highest BCUT2D eigenvalue weighted by Crippen LogP contribution is 2.20. The maximum Gasteiger partial charge on any atom is 0.281 e. The van der Waals surface area contributed by atoms with E-state index in [2.05, 4.69) is 4.90 Å². The van der Waals surface area contributed by atoms with Crippen LogP contribution < -0.4 is 5.73 Å². The van der Waals surface area contributed by atoms with E-state index >= 15 is 0 Å². The van der Waals surface area contributed by atoms with E-state index in [1.165, 1.54) is 0 Å². The van der Waals surface area contributed by atoms with Crippen molar-refractivity contribution in [2.75, 3.05) is 65.8 Å². The van der Waals surface area contributed by atoms with Crippen LogP contribution in [0.15, 0.2) is 0 Å². The normalized spacial score (nSPS) is 12.8. The van der Waals surface area contributed by atoms with Crippen LogP contribution in [0.5, 0.6) is 0 Å². The van der Waals surface area contributed by atoms with Crippen molar-refractivity contribution >= 4 is 17.6 Å². The van der Waals surface area contributed by atoms with Crippen molar-refractivity contribution in [3.8, 4) is 0 Å². The maximum atomic E-state index is 5.97. The monoisotopic (exact) mass is 468 g/mol. The van der Waals surface area contributed by atoms with Gasteiger partial charge in [-0.2, -0.15) is 0 Å². The molecule has 0 saturated carbocycles. The van der Waals surface area contributed by atoms with Crippen molar-refractivity contribution in [2.24, 2.45) is 5.73 Å². The van der Waals surface area contributed by atoms with Crippen molar-refractivity contribution in [3.63, 3.8) is 0 Å². The molecule has 0 atom stereocenters. The molecule has 8 nitrogen and oxygen atoms in total. The molecule has 10 heteroatoms. The topological polar surface area (TPSA) is 84.6 Å². The average molecular weight is 469 g/mol. The Kier molecular flexibility index (Phi) is 18.7. The molecule has 0 heterocycles. The third-order valence-electron chi connectivity index (χ3n) is 4.55. The predicted octanol–water partition coefficient (Wildman–Crippen LogP) is 3.12. The molecule has 0 rings (SSSR count). The van der Waals surface area contributed by atoms with Gasteiger partial charge in [-0.3, -0.25) is 0 Å². The van der Waals surface area contributed by atoms with Crippen LogP contribution in [-0.2, 0) is 26.6 Å². The highest BCUT2D eigenvalue weighted by atomic mass is 28.4. The molecule has 0 aliphatic rings. The van der Waals surface area contributed by atoms with E-state index in [0.29, 0.717) is 46.2 Å². The first kappa shape index (κ1) is 30.1. The first-order chi connectivity index (χ1) is 14.5. The van der Waals surface area contributed by atoms with Gasteiger partial charge in [-0.1, -0.05) is 24.9 Å². The zero-order valence-electron chi connectivity index (χ0n) is 20.4. The van der Waals surface area contributed by atoms with E-state index in [0.717, 1.165) is 44.6 Å². The van der Waals surface area contributed by atoms with Gasteiger partial charge in [0, 0.05) is 52.7 Å². The van der Waals surface area contributed by atoms with E-state index in [4.69, 9.17) is 32.3 Å². The van der Waals surface area contributed by atoms with Gasteiger partial charge in [0.25, 0.3) is 17.6 Å². The standard InChI is InChI=1S/C20H48N2O6Si2/c1-7-23-29(24-8-2,25-9-3)19-13-16-22(18-15-21)17-14-20-30(26-10-4,27-11-5)28-12-6/h7-21H2,1-6H3/q-2. The molecule has 0 aliphatic heterocycles. The van der Waals surface area contributed by atoms with Gasteiger partial charge in [-0.05, 0) is 54.6 Å². The molecule has 0 aliphatic carbocycles. The van der Waals surface area contributed by atoms with Gasteiger partial charge in [-0.15, -0.1) is 0 Å². The van der Waals surface area contributed by atoms with E-state index in [1.54, 1.807) is 0 Å². The summed E-state index contributed by atoms with van der Waals surface area (Å²) < 4.78 is 35.8. The lowest BCUT2D eigenvalue weighted by Gasteiger charge is -2.43. The first-order valence-electron chi connectivity index (χ1n) is 11.8. The van der Waals surface area contributed by atoms with Crippen LogP contribution in [-0.4, -0.2) is 88.3 Å². The summed E-state index contributed by atoms with van der Waals surface area (Å²) in [7, 11) is -5.18. The SMILES string of the molecule is CCO[Si-](CCCN(CCN)CCC[Si-](OCC)(OCC)OCC)(OCC)OCC. The van der Waals surface area contributed by atoms with E-state index in [9.17, 15) is 0 Å². The van der Waals surface area contributed by atoms with E-state index < -0.39 is 17.6 Å². The second-order valence-electron chi connectivity index (χ2n) is 6.80. The summed E-state index contributed by atoms with van der Waals surface area (Å²) in [4.78, 5) is 2.39. The van der Waals surface area contributed by atoms with Crippen LogP contribution in [0.2, 0.25) is 12.1 Å². The zero-order chi connectivity index (χ0) is 22.7. The van der Waals surface area contributed by atoms with Crippen LogP contribution in [0.25, 0.3) is 0 Å². The minimum absolute atomic E-state index is 0.609. The van der Waals surface area contributed by atoms with Crippen molar-refractivity contribution in [1.29, 1.82) is 0 Å². The fraction of sp³-hybridized carbons (Fsp3) is 1.00. The van der Waals surface area contributed by atoms with Gasteiger partial charge in [0.2, 0.25) is 0 Å². The number of nitrogens with zero attached hydrogens (tertiary/aromatic N) is 1. The zero-order valence-corrected chi connectivity index (χ0v) is 22.4. The summed E-state index contributed by atoms with van der Waals surface area (Å²) >= 11 is 0. The minimum Gasteiger partial charge on any atom is -0.525 e. The first-order valence-corrected chi connectivity index (χ1v) is 15.6. The Balaban J connectivity index is 4.77. The number of rotatable bonds is 22. The molecule has 0 aromatic rings. The Labute approximate surface area is 187 Å². The molecule has 0 bridgehead atoms. The van der Waals surface area contributed by atoms with E-state index in [-0.39, 0.29) is 0 Å². The lowest BCUT2D eigenvalue weighted by Crippen LogP contribution is -2.47. The summed E-state index contributed by atoms with van der Waals surface area (Å²) in [6.45, 7) is 19.0. The summed E-state index contributed by atoms with van der Waals surface area (Å²) in [5.74, 6) is 0. The molecule has 0 aromatic heterocycles. The molecule has 0 radical (unpaired) electrons. The van der Waals surface area contributed by atoms with Gasteiger partial charge in [0.05, 0.1) is 0 Å². The lowest BCUT2D eigenvalue weighted by atomic mass is 10.3. The highest BCUT2D eigenvalue weighted by Gasteiger charge is 2.26. The average Bonchev–Trinajstić information content (AvgIpc) is 2.69. The highest BCUT2D eigenvalue weighted by molar-refractivity contribution is 6.61. The molecule has 0 saturated heterocycles. The van der Waals surface area contributed by atoms with Crippen LogP contribution in [0.4, 0.5) is 0 Å². The van der Waals surface area contributed by atoms with Gasteiger partial charge in [-0.25, -0.2) is 0 Å². The van der Waals surface area contributed by atoms with Crippen molar-refractivity contribution in [1.82, 2.24) is 4.90 Å². The Hall–Kier alpha value is 0.114. The summed E-state index contributed by atoms with van der Waals surface area (Å²) in [5, 5.41) is 0. The summed E-state index contributed by atoms with van der Waals surface area (Å²) in [6.07, 6.45) is 1.91. The Bertz CT molecular complexity index is 330. The predicted molar refractivity (Wildman–Crippen MR) is 126 cm³/mol. The quantitative estimate of drug-likeness (QED) is 0.243. The molecule has 0 amide bonds. The molecular weight excluding hydrogens is 420 g/mol. The van der Waals surface area contributed by atoms with Gasteiger partial charge in [0.15, 0.2) is 0 Å². The van der Waals surface area contributed by atoms with Crippen LogP contribution in [0, 0.1) is 0 Å². The van der Waals surface area contributed by atoms with Crippen LogP contribution >= 0.6 is 0 Å². The maximum absolute atomic E-state index is 5.97. The van der Waals surface area contributed by atoms with Crippen molar-refractivity contribution in [2.45, 2.75) is 66.5 Å². The molecule has 0 fully saturated rings. The molecule has 2 N–H and O–H groups in total. The summed E-state index contributed by atoms with van der Waals surface area (Å²) in [6, 6.07) is 1.64. The van der Waals surface area contributed by atoms with Crippen molar-refractivity contribution < 1.29 is 26.6 Å². The van der Waals surface area contributed by atoms with E-state index in [1.807, 2.05) is 41.5 Å². The second kappa shape index (κ2) is 18.7. The van der Waals surface area contributed by atoms with Crippen LogP contribution in [0.1, 0.15) is 54.4 Å². The molecule has 0 spiro atoms. The Morgan fingerprint density at radius 2 is 0.833 bits per heavy atom. The second-order valence-corrected chi connectivity index (χ2v) is 12.3. The van der Waals surface area contributed by atoms with Gasteiger partial charge < -0.3 is 37.2 Å². The molecular formula is C20H48N2O6Si2-2. The van der Waals surface area contributed by atoms with Crippen molar-refractivity contribution in [3.05, 3.63) is 0 Å². The minimum atomic E-state index is -2.59. The Morgan fingerprint density at radius 1 is 0.533 bits per heavy atom. The smallest absolute Gasteiger partial charge is 0.281 e. The number of hydrogen-bond donors (Lipinski definition) is 1. The van der Waals surface area contributed by atoms with Gasteiger partial charge in [0.1, 0.15) is 0 Å². The fourth-order valence-corrected chi connectivity index (χ4v) is 8.75. The number of nitrogens with two attached hydrogens (primary N) is 1. The Morgan fingerprint density at radius 3 is 1.07 bits per heavy atom. The van der Waals surface area contributed by atoms with Crippen LogP contribution in [0.3, 0.4) is 0 Å². The summed E-state index contributed by atoms with van der Waals surface area (Å²) in [5.41, 5.74) is 5.86. The third-order valence-corrected chi connectivity index (χ3v) is 10.8. The molecule has 184 valence electrons. The van der Waals surface area contributed by atoms with Gasteiger partial charge >= 0.3 is 0 Å².